The van der Waals surface area contributed by atoms with Gasteiger partial charge in [-0.3, -0.25) is 9.59 Å². The fourth-order valence-corrected chi connectivity index (χ4v) is 5.72. The van der Waals surface area contributed by atoms with Crippen LogP contribution in [0.1, 0.15) is 28.2 Å². The molecule has 0 aromatic heterocycles. The van der Waals surface area contributed by atoms with E-state index in [2.05, 4.69) is 0 Å². The molecule has 3 aromatic carbocycles. The predicted molar refractivity (Wildman–Crippen MR) is 110 cm³/mol. The van der Waals surface area contributed by atoms with E-state index in [0.29, 0.717) is 11.4 Å². The summed E-state index contributed by atoms with van der Waals surface area (Å²) in [5, 5.41) is 12.1. The Balaban J connectivity index is 1.57. The van der Waals surface area contributed by atoms with Crippen LogP contribution >= 0.6 is 0 Å². The topological polar surface area (TPSA) is 66.8 Å². The average Bonchev–Trinajstić information content (AvgIpc) is 3.06. The molecule has 0 unspecified atom stereocenters. The lowest BCUT2D eigenvalue weighted by Crippen LogP contribution is -2.53. The van der Waals surface area contributed by atoms with Crippen LogP contribution in [0.15, 0.2) is 72.8 Å². The first-order valence-corrected chi connectivity index (χ1v) is 10.0. The largest absolute Gasteiger partial charge is 0.497 e. The van der Waals surface area contributed by atoms with E-state index >= 15 is 0 Å². The van der Waals surface area contributed by atoms with Crippen molar-refractivity contribution in [1.82, 2.24) is 0 Å². The minimum absolute atomic E-state index is 0.254. The molecule has 3 aromatic rings. The summed E-state index contributed by atoms with van der Waals surface area (Å²) in [7, 11) is 1.57. The van der Waals surface area contributed by atoms with Crippen molar-refractivity contribution in [2.24, 2.45) is 11.8 Å². The van der Waals surface area contributed by atoms with Crippen molar-refractivity contribution in [2.45, 2.75) is 11.5 Å². The number of carbonyl (C=O) groups excluding carboxylic acids is 2. The predicted octanol–water partition coefficient (Wildman–Crippen LogP) is 3.20. The van der Waals surface area contributed by atoms with Crippen molar-refractivity contribution in [3.63, 3.8) is 0 Å². The van der Waals surface area contributed by atoms with E-state index in [1.807, 2.05) is 48.5 Å². The Morgan fingerprint density at radius 3 is 1.97 bits per heavy atom. The third kappa shape index (κ3) is 1.91. The van der Waals surface area contributed by atoms with Crippen LogP contribution in [0.4, 0.5) is 5.69 Å². The normalized spacial score (nSPS) is 28.2. The Kier molecular flexibility index (Phi) is 3.37. The highest BCUT2D eigenvalue weighted by atomic mass is 16.5. The summed E-state index contributed by atoms with van der Waals surface area (Å²) in [6.45, 7) is 0. The maximum atomic E-state index is 13.6. The Morgan fingerprint density at radius 1 is 0.833 bits per heavy atom. The number of imide groups is 1. The molecule has 0 radical (unpaired) electrons. The van der Waals surface area contributed by atoms with Crippen LogP contribution in [-0.4, -0.2) is 24.0 Å². The van der Waals surface area contributed by atoms with E-state index in [4.69, 9.17) is 4.74 Å². The number of anilines is 1. The number of ether oxygens (including phenoxy) is 1. The van der Waals surface area contributed by atoms with E-state index in [-0.39, 0.29) is 17.7 Å². The SMILES string of the molecule is COc1ccc(N2C(=O)[C@@H]3C4c5ccccc5C(O)(c5ccccc54)[C@@H]3C2=O)cc1. The smallest absolute Gasteiger partial charge is 0.241 e. The van der Waals surface area contributed by atoms with Gasteiger partial charge in [0.15, 0.2) is 0 Å². The number of nitrogens with zero attached hydrogens (tertiary/aromatic N) is 1. The minimum Gasteiger partial charge on any atom is -0.497 e. The first-order valence-electron chi connectivity index (χ1n) is 10.0. The summed E-state index contributed by atoms with van der Waals surface area (Å²) in [4.78, 5) is 28.5. The Hall–Kier alpha value is -3.44. The molecule has 1 aliphatic heterocycles. The van der Waals surface area contributed by atoms with Gasteiger partial charge in [0.2, 0.25) is 11.8 Å². The summed E-state index contributed by atoms with van der Waals surface area (Å²) < 4.78 is 5.20. The Morgan fingerprint density at radius 2 is 1.40 bits per heavy atom. The van der Waals surface area contributed by atoms with Gasteiger partial charge in [0.05, 0.1) is 24.6 Å². The molecule has 1 heterocycles. The number of hydrogen-bond donors (Lipinski definition) is 1. The van der Waals surface area contributed by atoms with Gasteiger partial charge in [0, 0.05) is 5.92 Å². The fraction of sp³-hybridized carbons (Fsp3) is 0.200. The van der Waals surface area contributed by atoms with Gasteiger partial charge in [0.25, 0.3) is 0 Å². The standard InChI is InChI=1S/C25H19NO4/c1-30-15-12-10-14(11-13-15)26-23(27)21-20-16-6-2-4-8-18(16)25(29,22(21)24(26)28)19-9-5-3-7-17(19)20/h2-13,20-22,29H,1H3/t20?,21-,22+,25?/m1/s1. The van der Waals surface area contributed by atoms with Crippen molar-refractivity contribution < 1.29 is 19.4 Å². The Bertz CT molecular complexity index is 1170. The molecule has 1 fully saturated rings. The van der Waals surface area contributed by atoms with Crippen LogP contribution in [0.25, 0.3) is 0 Å². The molecule has 5 heteroatoms. The molecule has 4 aliphatic rings. The monoisotopic (exact) mass is 397 g/mol. The van der Waals surface area contributed by atoms with Crippen LogP contribution in [0, 0.1) is 11.8 Å². The summed E-state index contributed by atoms with van der Waals surface area (Å²) in [6, 6.07) is 22.1. The number of amides is 2. The van der Waals surface area contributed by atoms with Gasteiger partial charge in [0.1, 0.15) is 11.4 Å². The molecule has 148 valence electrons. The third-order valence-corrected chi connectivity index (χ3v) is 6.90. The molecule has 2 bridgehead atoms. The van der Waals surface area contributed by atoms with Crippen LogP contribution < -0.4 is 9.64 Å². The van der Waals surface area contributed by atoms with Crippen LogP contribution in [-0.2, 0) is 15.2 Å². The molecular weight excluding hydrogens is 378 g/mol. The number of benzene rings is 3. The molecule has 2 amide bonds. The molecule has 0 spiro atoms. The zero-order valence-corrected chi connectivity index (χ0v) is 16.3. The maximum absolute atomic E-state index is 13.6. The molecule has 1 N–H and O–H groups in total. The quantitative estimate of drug-likeness (QED) is 0.675. The van der Waals surface area contributed by atoms with Crippen LogP contribution in [0.5, 0.6) is 5.75 Å². The van der Waals surface area contributed by atoms with Gasteiger partial charge >= 0.3 is 0 Å². The molecule has 5 nitrogen and oxygen atoms in total. The number of methoxy groups -OCH3 is 1. The van der Waals surface area contributed by atoms with E-state index in [1.165, 1.54) is 4.90 Å². The van der Waals surface area contributed by atoms with Crippen molar-refractivity contribution >= 4 is 17.5 Å². The summed E-state index contributed by atoms with van der Waals surface area (Å²) in [5.41, 5.74) is 2.28. The second-order valence-electron chi connectivity index (χ2n) is 8.13. The molecule has 0 saturated carbocycles. The van der Waals surface area contributed by atoms with E-state index in [1.54, 1.807) is 31.4 Å². The lowest BCUT2D eigenvalue weighted by Gasteiger charge is -2.51. The van der Waals surface area contributed by atoms with Crippen molar-refractivity contribution in [3.05, 3.63) is 95.1 Å². The average molecular weight is 397 g/mol. The first-order chi connectivity index (χ1) is 14.6. The molecule has 2 atom stereocenters. The third-order valence-electron chi connectivity index (χ3n) is 6.90. The van der Waals surface area contributed by atoms with Crippen molar-refractivity contribution in [1.29, 1.82) is 0 Å². The lowest BCUT2D eigenvalue weighted by molar-refractivity contribution is -0.133. The second-order valence-corrected chi connectivity index (χ2v) is 8.13. The van der Waals surface area contributed by atoms with Gasteiger partial charge < -0.3 is 9.84 Å². The van der Waals surface area contributed by atoms with Gasteiger partial charge in [-0.2, -0.15) is 0 Å². The van der Waals surface area contributed by atoms with E-state index in [9.17, 15) is 14.7 Å². The fourth-order valence-electron chi connectivity index (χ4n) is 5.72. The molecule has 7 rings (SSSR count). The molecule has 3 aliphatic carbocycles. The Labute approximate surface area is 173 Å². The highest BCUT2D eigenvalue weighted by molar-refractivity contribution is 6.23. The summed E-state index contributed by atoms with van der Waals surface area (Å²) in [6.07, 6.45) is 0. The van der Waals surface area contributed by atoms with Crippen molar-refractivity contribution in [3.8, 4) is 5.75 Å². The highest BCUT2D eigenvalue weighted by Gasteiger charge is 2.68. The van der Waals surface area contributed by atoms with Gasteiger partial charge in [-0.1, -0.05) is 48.5 Å². The summed E-state index contributed by atoms with van der Waals surface area (Å²) in [5.74, 6) is -1.70. The zero-order chi connectivity index (χ0) is 20.6. The molecule has 30 heavy (non-hydrogen) atoms. The van der Waals surface area contributed by atoms with Crippen LogP contribution in [0.3, 0.4) is 0 Å². The number of aliphatic hydroxyl groups is 1. The van der Waals surface area contributed by atoms with Crippen LogP contribution in [0.2, 0.25) is 0 Å². The van der Waals surface area contributed by atoms with Gasteiger partial charge in [-0.25, -0.2) is 4.90 Å². The molecule has 1 saturated heterocycles. The zero-order valence-electron chi connectivity index (χ0n) is 16.3. The van der Waals surface area contributed by atoms with Crippen molar-refractivity contribution in [2.75, 3.05) is 12.0 Å². The lowest BCUT2D eigenvalue weighted by atomic mass is 9.52. The number of hydrogen-bond acceptors (Lipinski definition) is 4. The highest BCUT2D eigenvalue weighted by Crippen LogP contribution is 2.63. The van der Waals surface area contributed by atoms with Gasteiger partial charge in [-0.05, 0) is 46.5 Å². The maximum Gasteiger partial charge on any atom is 0.241 e. The second kappa shape index (κ2) is 5.80. The number of rotatable bonds is 2. The number of carbonyl (C=O) groups is 2. The molecular formula is C25H19NO4. The van der Waals surface area contributed by atoms with E-state index < -0.39 is 17.4 Å². The summed E-state index contributed by atoms with van der Waals surface area (Å²) >= 11 is 0. The first kappa shape index (κ1) is 17.4. The minimum atomic E-state index is -1.53. The van der Waals surface area contributed by atoms with E-state index in [0.717, 1.165) is 22.3 Å². The van der Waals surface area contributed by atoms with Gasteiger partial charge in [-0.15, -0.1) is 0 Å².